The molecule has 1 unspecified atom stereocenters. The van der Waals surface area contributed by atoms with Gasteiger partial charge >= 0.3 is 0 Å². The molecule has 2 atom stereocenters. The molecule has 9 nitrogen and oxygen atoms in total. The molecule has 3 aromatic heterocycles. The molecule has 9 heteroatoms. The summed E-state index contributed by atoms with van der Waals surface area (Å²) in [6.45, 7) is 7.13. The number of nitrogens with two attached hydrogens (primary N) is 1. The fourth-order valence-electron chi connectivity index (χ4n) is 5.55. The highest BCUT2D eigenvalue weighted by atomic mass is 16.2. The van der Waals surface area contributed by atoms with Crippen molar-refractivity contribution >= 4 is 23.1 Å². The van der Waals surface area contributed by atoms with E-state index in [1.54, 1.807) is 10.7 Å². The largest absolute Gasteiger partial charge is 0.382 e. The first-order valence-corrected chi connectivity index (χ1v) is 12.5. The van der Waals surface area contributed by atoms with E-state index in [0.717, 1.165) is 48.0 Å². The first kappa shape index (κ1) is 23.3. The molecule has 3 aromatic rings. The average molecular weight is 476 g/mol. The van der Waals surface area contributed by atoms with Crippen molar-refractivity contribution in [2.45, 2.75) is 58.9 Å². The van der Waals surface area contributed by atoms with Gasteiger partial charge in [0.2, 0.25) is 5.91 Å². The molecule has 35 heavy (non-hydrogen) atoms. The van der Waals surface area contributed by atoms with Gasteiger partial charge < -0.3 is 16.0 Å². The Morgan fingerprint density at radius 1 is 1.09 bits per heavy atom. The fourth-order valence-corrected chi connectivity index (χ4v) is 5.55. The van der Waals surface area contributed by atoms with Crippen LogP contribution in [0.15, 0.2) is 24.7 Å². The van der Waals surface area contributed by atoms with Gasteiger partial charge in [0.05, 0.1) is 23.0 Å². The Hall–Kier alpha value is -3.49. The smallest absolute Gasteiger partial charge is 0.253 e. The summed E-state index contributed by atoms with van der Waals surface area (Å²) in [6, 6.07) is 3.74. The third-order valence-corrected chi connectivity index (χ3v) is 7.60. The van der Waals surface area contributed by atoms with E-state index < -0.39 is 0 Å². The third-order valence-electron chi connectivity index (χ3n) is 7.60. The molecular weight excluding hydrogens is 442 g/mol. The number of amides is 2. The highest BCUT2D eigenvalue weighted by Crippen LogP contribution is 2.29. The number of nitrogens with zero attached hydrogens (tertiary/aromatic N) is 5. The number of nitrogen functional groups attached to an aromatic ring is 1. The minimum atomic E-state index is -0.174. The predicted octanol–water partition coefficient (Wildman–Crippen LogP) is 3.15. The standard InChI is InChI=1S/C26H33N7O2/c1-15-9-22(33-23(15)24(27)29-14-30-33)19-10-20(17(3)28-11-19)25(34)31-21-13-32(12-16(21)2)26(35)18-7-5-4-6-8-18/h9-11,14,16,18,21H,4-8,12-13H2,1-3H3,(H,31,34)(H2,27,29,30)/t16-,21?/m0/s1. The Labute approximate surface area is 205 Å². The van der Waals surface area contributed by atoms with Gasteiger partial charge in [-0.25, -0.2) is 9.50 Å². The third kappa shape index (κ3) is 4.35. The van der Waals surface area contributed by atoms with Gasteiger partial charge in [0, 0.05) is 30.8 Å². The monoisotopic (exact) mass is 475 g/mol. The molecule has 2 amide bonds. The Morgan fingerprint density at radius 3 is 2.63 bits per heavy atom. The van der Waals surface area contributed by atoms with Crippen LogP contribution in [0.2, 0.25) is 0 Å². The Morgan fingerprint density at radius 2 is 1.86 bits per heavy atom. The summed E-state index contributed by atoms with van der Waals surface area (Å²) in [7, 11) is 0. The Kier molecular flexibility index (Phi) is 6.17. The molecule has 1 aliphatic heterocycles. The van der Waals surface area contributed by atoms with Gasteiger partial charge in [-0.3, -0.25) is 14.6 Å². The molecule has 184 valence electrons. The van der Waals surface area contributed by atoms with Crippen LogP contribution in [0.5, 0.6) is 0 Å². The first-order valence-electron chi connectivity index (χ1n) is 12.5. The van der Waals surface area contributed by atoms with Crippen LogP contribution in [0.25, 0.3) is 16.8 Å². The first-order chi connectivity index (χ1) is 16.8. The second kappa shape index (κ2) is 9.28. The van der Waals surface area contributed by atoms with E-state index in [9.17, 15) is 9.59 Å². The van der Waals surface area contributed by atoms with E-state index in [4.69, 9.17) is 5.73 Å². The minimum absolute atomic E-state index is 0.0815. The van der Waals surface area contributed by atoms with Crippen LogP contribution in [-0.2, 0) is 4.79 Å². The van der Waals surface area contributed by atoms with E-state index in [1.165, 1.54) is 12.7 Å². The van der Waals surface area contributed by atoms with Gasteiger partial charge in [-0.15, -0.1) is 0 Å². The number of carbonyl (C=O) groups excluding carboxylic acids is 2. The molecule has 1 saturated heterocycles. The number of carbonyl (C=O) groups is 2. The molecule has 0 radical (unpaired) electrons. The molecule has 0 aromatic carbocycles. The lowest BCUT2D eigenvalue weighted by atomic mass is 9.88. The van der Waals surface area contributed by atoms with Gasteiger partial charge in [0.25, 0.3) is 5.91 Å². The van der Waals surface area contributed by atoms with Crippen LogP contribution in [0.1, 0.15) is 60.6 Å². The number of aryl methyl sites for hydroxylation is 2. The normalized spacial score (nSPS) is 20.9. The summed E-state index contributed by atoms with van der Waals surface area (Å²) < 4.78 is 1.74. The zero-order valence-corrected chi connectivity index (χ0v) is 20.6. The van der Waals surface area contributed by atoms with Crippen molar-refractivity contribution in [2.75, 3.05) is 18.8 Å². The number of anilines is 1. The number of likely N-dealkylation sites (tertiary alicyclic amines) is 1. The van der Waals surface area contributed by atoms with Gasteiger partial charge in [-0.05, 0) is 50.3 Å². The minimum Gasteiger partial charge on any atom is -0.382 e. The predicted molar refractivity (Wildman–Crippen MR) is 134 cm³/mol. The number of hydrogen-bond donors (Lipinski definition) is 2. The maximum absolute atomic E-state index is 13.3. The average Bonchev–Trinajstić information content (AvgIpc) is 3.39. The number of fused-ring (bicyclic) bond motifs is 1. The molecular formula is C26H33N7O2. The second-order valence-electron chi connectivity index (χ2n) is 10.1. The Balaban J connectivity index is 1.35. The maximum Gasteiger partial charge on any atom is 0.253 e. The number of nitrogens with one attached hydrogen (secondary N) is 1. The van der Waals surface area contributed by atoms with Gasteiger partial charge in [0.15, 0.2) is 5.82 Å². The maximum atomic E-state index is 13.3. The topological polar surface area (TPSA) is 119 Å². The summed E-state index contributed by atoms with van der Waals surface area (Å²) in [4.78, 5) is 36.9. The van der Waals surface area contributed by atoms with Crippen LogP contribution in [0.3, 0.4) is 0 Å². The van der Waals surface area contributed by atoms with Crippen molar-refractivity contribution in [3.05, 3.63) is 41.5 Å². The summed E-state index contributed by atoms with van der Waals surface area (Å²) in [5.74, 6) is 0.827. The van der Waals surface area contributed by atoms with Crippen LogP contribution in [0, 0.1) is 25.7 Å². The second-order valence-corrected chi connectivity index (χ2v) is 10.1. The van der Waals surface area contributed by atoms with E-state index in [2.05, 4.69) is 27.3 Å². The molecule has 0 spiro atoms. The summed E-state index contributed by atoms with van der Waals surface area (Å²) in [5, 5.41) is 7.53. The van der Waals surface area contributed by atoms with Gasteiger partial charge in [0.1, 0.15) is 11.8 Å². The van der Waals surface area contributed by atoms with Crippen molar-refractivity contribution < 1.29 is 9.59 Å². The molecule has 0 bridgehead atoms. The number of aromatic nitrogens is 4. The molecule has 2 aliphatic rings. The van der Waals surface area contributed by atoms with E-state index in [-0.39, 0.29) is 29.7 Å². The zero-order chi connectivity index (χ0) is 24.7. The summed E-state index contributed by atoms with van der Waals surface area (Å²) >= 11 is 0. The van der Waals surface area contributed by atoms with Crippen LogP contribution in [0.4, 0.5) is 5.82 Å². The fraction of sp³-hybridized carbons (Fsp3) is 0.500. The molecule has 4 heterocycles. The van der Waals surface area contributed by atoms with Crippen molar-refractivity contribution in [2.24, 2.45) is 11.8 Å². The highest BCUT2D eigenvalue weighted by Gasteiger charge is 2.36. The van der Waals surface area contributed by atoms with Crippen molar-refractivity contribution in [1.29, 1.82) is 0 Å². The highest BCUT2D eigenvalue weighted by molar-refractivity contribution is 5.96. The van der Waals surface area contributed by atoms with Crippen LogP contribution in [-0.4, -0.2) is 55.4 Å². The van der Waals surface area contributed by atoms with Crippen molar-refractivity contribution in [3.63, 3.8) is 0 Å². The SMILES string of the molecule is Cc1ncc(-c2cc(C)c3c(N)ncnn23)cc1C(=O)NC1CN(C(=O)C2CCCCC2)C[C@@H]1C. The lowest BCUT2D eigenvalue weighted by Crippen LogP contribution is -2.41. The molecule has 2 fully saturated rings. The lowest BCUT2D eigenvalue weighted by molar-refractivity contribution is -0.135. The summed E-state index contributed by atoms with van der Waals surface area (Å²) in [6.07, 6.45) is 8.64. The number of rotatable bonds is 4. The van der Waals surface area contributed by atoms with E-state index in [0.29, 0.717) is 30.2 Å². The molecule has 1 aliphatic carbocycles. The van der Waals surface area contributed by atoms with Gasteiger partial charge in [-0.1, -0.05) is 26.2 Å². The molecule has 5 rings (SSSR count). The number of pyridine rings is 1. The van der Waals surface area contributed by atoms with Crippen LogP contribution >= 0.6 is 0 Å². The van der Waals surface area contributed by atoms with Crippen LogP contribution < -0.4 is 11.1 Å². The van der Waals surface area contributed by atoms with Crippen molar-refractivity contribution in [1.82, 2.24) is 29.8 Å². The lowest BCUT2D eigenvalue weighted by Gasteiger charge is -2.26. The van der Waals surface area contributed by atoms with Gasteiger partial charge in [-0.2, -0.15) is 5.10 Å². The quantitative estimate of drug-likeness (QED) is 0.598. The molecule has 3 N–H and O–H groups in total. The zero-order valence-electron chi connectivity index (χ0n) is 20.6. The van der Waals surface area contributed by atoms with E-state index >= 15 is 0 Å². The summed E-state index contributed by atoms with van der Waals surface area (Å²) in [5.41, 5.74) is 10.5. The molecule has 1 saturated carbocycles. The van der Waals surface area contributed by atoms with Crippen molar-refractivity contribution in [3.8, 4) is 11.3 Å². The Bertz CT molecular complexity index is 1280. The van der Waals surface area contributed by atoms with E-state index in [1.807, 2.05) is 30.9 Å². The number of hydrogen-bond acceptors (Lipinski definition) is 6.